The van der Waals surface area contributed by atoms with Crippen molar-refractivity contribution in [2.75, 3.05) is 13.2 Å². The summed E-state index contributed by atoms with van der Waals surface area (Å²) < 4.78 is 43.7. The SMILES string of the molecule is NC(=NCCc1cc(C(F)(F)F)ccn1)NC1CCOc2ccccc21. The van der Waals surface area contributed by atoms with E-state index in [1.807, 2.05) is 24.3 Å². The number of nitrogens with zero attached hydrogens (tertiary/aromatic N) is 2. The third-order valence-electron chi connectivity index (χ3n) is 4.07. The van der Waals surface area contributed by atoms with Crippen LogP contribution >= 0.6 is 0 Å². The van der Waals surface area contributed by atoms with Gasteiger partial charge in [-0.25, -0.2) is 0 Å². The van der Waals surface area contributed by atoms with Crippen molar-refractivity contribution >= 4 is 5.96 Å². The van der Waals surface area contributed by atoms with E-state index in [2.05, 4.69) is 15.3 Å². The number of halogens is 3. The summed E-state index contributed by atoms with van der Waals surface area (Å²) in [6.07, 6.45) is -2.19. The van der Waals surface area contributed by atoms with Crippen molar-refractivity contribution in [1.29, 1.82) is 0 Å². The molecule has 1 aliphatic heterocycles. The topological polar surface area (TPSA) is 72.5 Å². The first-order valence-electron chi connectivity index (χ1n) is 8.24. The number of hydrogen-bond donors (Lipinski definition) is 2. The molecule has 0 spiro atoms. The Kier molecular flexibility index (Phi) is 5.29. The Morgan fingerprint density at radius 3 is 2.92 bits per heavy atom. The molecular formula is C18H19F3N4O. The number of aromatic nitrogens is 1. The van der Waals surface area contributed by atoms with Gasteiger partial charge in [0.25, 0.3) is 0 Å². The minimum absolute atomic E-state index is 0.00428. The van der Waals surface area contributed by atoms with Crippen LogP contribution in [0, 0.1) is 0 Å². The van der Waals surface area contributed by atoms with Crippen LogP contribution in [0.2, 0.25) is 0 Å². The fraction of sp³-hybridized carbons (Fsp3) is 0.333. The van der Waals surface area contributed by atoms with Gasteiger partial charge in [0.15, 0.2) is 5.96 Å². The Morgan fingerprint density at radius 1 is 1.31 bits per heavy atom. The monoisotopic (exact) mass is 364 g/mol. The van der Waals surface area contributed by atoms with E-state index in [1.165, 1.54) is 0 Å². The normalized spacial score (nSPS) is 17.3. The Balaban J connectivity index is 1.58. The summed E-state index contributed by atoms with van der Waals surface area (Å²) in [7, 11) is 0. The van der Waals surface area contributed by atoms with Crippen LogP contribution in [0.15, 0.2) is 47.6 Å². The van der Waals surface area contributed by atoms with E-state index in [9.17, 15) is 13.2 Å². The fourth-order valence-corrected chi connectivity index (χ4v) is 2.80. The van der Waals surface area contributed by atoms with Crippen molar-refractivity contribution in [1.82, 2.24) is 10.3 Å². The van der Waals surface area contributed by atoms with Crippen LogP contribution in [-0.2, 0) is 12.6 Å². The summed E-state index contributed by atoms with van der Waals surface area (Å²) in [6.45, 7) is 0.828. The average molecular weight is 364 g/mol. The molecule has 3 N–H and O–H groups in total. The van der Waals surface area contributed by atoms with Crippen molar-refractivity contribution in [3.8, 4) is 5.75 Å². The number of rotatable bonds is 4. The maximum atomic E-state index is 12.7. The fourth-order valence-electron chi connectivity index (χ4n) is 2.80. The Morgan fingerprint density at radius 2 is 2.12 bits per heavy atom. The van der Waals surface area contributed by atoms with Gasteiger partial charge in [-0.2, -0.15) is 13.2 Å². The van der Waals surface area contributed by atoms with Crippen LogP contribution in [0.3, 0.4) is 0 Å². The maximum Gasteiger partial charge on any atom is 0.416 e. The molecule has 26 heavy (non-hydrogen) atoms. The predicted molar refractivity (Wildman–Crippen MR) is 91.9 cm³/mol. The van der Waals surface area contributed by atoms with E-state index in [1.54, 1.807) is 0 Å². The lowest BCUT2D eigenvalue weighted by molar-refractivity contribution is -0.137. The van der Waals surface area contributed by atoms with Gasteiger partial charge in [0.2, 0.25) is 0 Å². The molecule has 1 aromatic carbocycles. The quantitative estimate of drug-likeness (QED) is 0.646. The van der Waals surface area contributed by atoms with Crippen LogP contribution in [-0.4, -0.2) is 24.1 Å². The first-order valence-corrected chi connectivity index (χ1v) is 8.24. The number of ether oxygens (including phenoxy) is 1. The number of para-hydroxylation sites is 1. The summed E-state index contributed by atoms with van der Waals surface area (Å²) >= 11 is 0. The molecule has 0 aliphatic carbocycles. The van der Waals surface area contributed by atoms with E-state index < -0.39 is 11.7 Å². The molecule has 2 heterocycles. The van der Waals surface area contributed by atoms with E-state index in [-0.39, 0.29) is 25.0 Å². The smallest absolute Gasteiger partial charge is 0.416 e. The van der Waals surface area contributed by atoms with E-state index in [0.29, 0.717) is 12.3 Å². The molecule has 0 saturated heterocycles. The van der Waals surface area contributed by atoms with Crippen molar-refractivity contribution in [3.05, 3.63) is 59.4 Å². The molecule has 3 rings (SSSR count). The summed E-state index contributed by atoms with van der Waals surface area (Å²) in [6, 6.07) is 9.67. The minimum atomic E-state index is -4.38. The lowest BCUT2D eigenvalue weighted by atomic mass is 10.0. The first-order chi connectivity index (χ1) is 12.4. The van der Waals surface area contributed by atoms with Gasteiger partial charge in [-0.1, -0.05) is 18.2 Å². The van der Waals surface area contributed by atoms with E-state index in [4.69, 9.17) is 10.5 Å². The second kappa shape index (κ2) is 7.63. The highest BCUT2D eigenvalue weighted by Gasteiger charge is 2.30. The Hall–Kier alpha value is -2.77. The first kappa shape index (κ1) is 18.0. The number of aliphatic imine (C=N–C) groups is 1. The van der Waals surface area contributed by atoms with Crippen molar-refractivity contribution in [2.45, 2.75) is 25.1 Å². The van der Waals surface area contributed by atoms with Gasteiger partial charge >= 0.3 is 6.18 Å². The molecule has 5 nitrogen and oxygen atoms in total. The molecule has 0 amide bonds. The molecule has 1 aliphatic rings. The predicted octanol–water partition coefficient (Wildman–Crippen LogP) is 3.07. The van der Waals surface area contributed by atoms with E-state index in [0.717, 1.165) is 36.1 Å². The molecule has 0 fully saturated rings. The molecule has 8 heteroatoms. The zero-order chi connectivity index (χ0) is 18.6. The van der Waals surface area contributed by atoms with Crippen LogP contribution in [0.5, 0.6) is 5.75 Å². The van der Waals surface area contributed by atoms with Gasteiger partial charge in [-0.15, -0.1) is 0 Å². The molecule has 1 aromatic heterocycles. The zero-order valence-corrected chi connectivity index (χ0v) is 14.0. The Bertz CT molecular complexity index is 792. The number of nitrogens with one attached hydrogen (secondary N) is 1. The van der Waals surface area contributed by atoms with Gasteiger partial charge in [0.05, 0.1) is 18.2 Å². The van der Waals surface area contributed by atoms with Crippen molar-refractivity contribution in [3.63, 3.8) is 0 Å². The highest BCUT2D eigenvalue weighted by Crippen LogP contribution is 2.31. The summed E-state index contributed by atoms with van der Waals surface area (Å²) in [4.78, 5) is 8.15. The van der Waals surface area contributed by atoms with Crippen LogP contribution in [0.1, 0.15) is 29.3 Å². The number of pyridine rings is 1. The largest absolute Gasteiger partial charge is 0.493 e. The van der Waals surface area contributed by atoms with Gasteiger partial charge in [0, 0.05) is 36.8 Å². The van der Waals surface area contributed by atoms with Gasteiger partial charge in [-0.3, -0.25) is 9.98 Å². The van der Waals surface area contributed by atoms with Crippen molar-refractivity contribution < 1.29 is 17.9 Å². The Labute approximate surface area is 149 Å². The second-order valence-corrected chi connectivity index (χ2v) is 5.92. The number of guanidine groups is 1. The second-order valence-electron chi connectivity index (χ2n) is 5.92. The number of nitrogens with two attached hydrogens (primary N) is 1. The number of alkyl halides is 3. The van der Waals surface area contributed by atoms with Crippen LogP contribution in [0.4, 0.5) is 13.2 Å². The molecule has 0 saturated carbocycles. The number of benzene rings is 1. The molecule has 2 aromatic rings. The third kappa shape index (κ3) is 4.44. The maximum absolute atomic E-state index is 12.7. The van der Waals surface area contributed by atoms with Gasteiger partial charge in [-0.05, 0) is 18.2 Å². The standard InChI is InChI=1S/C18H19F3N4O/c19-18(20,21)12-5-8-23-13(11-12)6-9-24-17(22)25-15-7-10-26-16-4-2-1-3-14(15)16/h1-5,8,11,15H,6-7,9-10H2,(H3,22,24,25). The van der Waals surface area contributed by atoms with E-state index >= 15 is 0 Å². The summed E-state index contributed by atoms with van der Waals surface area (Å²) in [5.41, 5.74) is 6.55. The molecule has 1 atom stereocenters. The number of hydrogen-bond acceptors (Lipinski definition) is 3. The van der Waals surface area contributed by atoms with Crippen LogP contribution < -0.4 is 15.8 Å². The molecular weight excluding hydrogens is 345 g/mol. The van der Waals surface area contributed by atoms with Gasteiger partial charge < -0.3 is 15.8 Å². The zero-order valence-electron chi connectivity index (χ0n) is 14.0. The summed E-state index contributed by atoms with van der Waals surface area (Å²) in [5.74, 6) is 1.07. The number of fused-ring (bicyclic) bond motifs is 1. The molecule has 1 unspecified atom stereocenters. The van der Waals surface area contributed by atoms with Crippen molar-refractivity contribution in [2.24, 2.45) is 10.7 Å². The lowest BCUT2D eigenvalue weighted by Gasteiger charge is -2.26. The minimum Gasteiger partial charge on any atom is -0.493 e. The molecule has 138 valence electrons. The lowest BCUT2D eigenvalue weighted by Crippen LogP contribution is -2.37. The van der Waals surface area contributed by atoms with Gasteiger partial charge in [0.1, 0.15) is 5.75 Å². The average Bonchev–Trinajstić information content (AvgIpc) is 2.62. The third-order valence-corrected chi connectivity index (χ3v) is 4.07. The summed E-state index contributed by atoms with van der Waals surface area (Å²) in [5, 5.41) is 3.14. The molecule has 0 bridgehead atoms. The molecule has 0 radical (unpaired) electrons. The highest BCUT2D eigenvalue weighted by molar-refractivity contribution is 5.78. The highest BCUT2D eigenvalue weighted by atomic mass is 19.4. The van der Waals surface area contributed by atoms with Crippen LogP contribution in [0.25, 0.3) is 0 Å².